The van der Waals surface area contributed by atoms with Crippen LogP contribution in [0, 0.1) is 6.92 Å². The predicted molar refractivity (Wildman–Crippen MR) is 102 cm³/mol. The van der Waals surface area contributed by atoms with Crippen LogP contribution in [-0.2, 0) is 14.3 Å². The van der Waals surface area contributed by atoms with E-state index in [1.165, 1.54) is 11.8 Å². The SMILES string of the molecule is COC(=O)C1=C(N)c2c3c(nn(-c4ccc(C)cc4)c2=O)C(=O)SC3(C)C1. The van der Waals surface area contributed by atoms with Gasteiger partial charge in [0.05, 0.1) is 34.4 Å². The molecular formula is C19H17N3O4S. The van der Waals surface area contributed by atoms with Gasteiger partial charge in [-0.3, -0.25) is 9.59 Å². The van der Waals surface area contributed by atoms with Gasteiger partial charge in [-0.15, -0.1) is 0 Å². The number of nitrogens with two attached hydrogens (primary N) is 1. The third-order valence-electron chi connectivity index (χ3n) is 4.95. The minimum Gasteiger partial charge on any atom is -0.466 e. The van der Waals surface area contributed by atoms with Gasteiger partial charge in [0, 0.05) is 12.0 Å². The van der Waals surface area contributed by atoms with Crippen LogP contribution in [-0.4, -0.2) is 28.0 Å². The molecule has 8 heteroatoms. The number of rotatable bonds is 2. The second-order valence-corrected chi connectivity index (χ2v) is 8.31. The Labute approximate surface area is 159 Å². The van der Waals surface area contributed by atoms with E-state index in [9.17, 15) is 14.4 Å². The maximum Gasteiger partial charge on any atom is 0.335 e. The number of carbonyl (C=O) groups is 2. The number of hydrogen-bond acceptors (Lipinski definition) is 7. The van der Waals surface area contributed by atoms with Crippen molar-refractivity contribution in [2.45, 2.75) is 25.0 Å². The van der Waals surface area contributed by atoms with Gasteiger partial charge in [-0.05, 0) is 26.0 Å². The van der Waals surface area contributed by atoms with E-state index in [1.54, 1.807) is 12.1 Å². The van der Waals surface area contributed by atoms with E-state index >= 15 is 0 Å². The predicted octanol–water partition coefficient (Wildman–Crippen LogP) is 1.89. The average Bonchev–Trinajstić information content (AvgIpc) is 2.89. The molecule has 0 radical (unpaired) electrons. The lowest BCUT2D eigenvalue weighted by Gasteiger charge is -2.31. The zero-order chi connectivity index (χ0) is 19.5. The third-order valence-corrected chi connectivity index (χ3v) is 6.13. The van der Waals surface area contributed by atoms with E-state index in [4.69, 9.17) is 10.5 Å². The van der Waals surface area contributed by atoms with E-state index in [1.807, 2.05) is 26.0 Å². The van der Waals surface area contributed by atoms with Crippen molar-refractivity contribution in [1.29, 1.82) is 0 Å². The highest BCUT2D eigenvalue weighted by Crippen LogP contribution is 2.54. The summed E-state index contributed by atoms with van der Waals surface area (Å²) in [5.41, 5.74) is 8.46. The summed E-state index contributed by atoms with van der Waals surface area (Å²) >= 11 is 1.06. The second kappa shape index (κ2) is 5.82. The lowest BCUT2D eigenvalue weighted by atomic mass is 9.81. The summed E-state index contributed by atoms with van der Waals surface area (Å²) < 4.78 is 5.23. The Hall–Kier alpha value is -2.87. The van der Waals surface area contributed by atoms with Gasteiger partial charge in [-0.1, -0.05) is 29.5 Å². The molecule has 1 atom stereocenters. The summed E-state index contributed by atoms with van der Waals surface area (Å²) in [7, 11) is 1.26. The highest BCUT2D eigenvalue weighted by molar-refractivity contribution is 8.15. The zero-order valence-electron chi connectivity index (χ0n) is 15.0. The van der Waals surface area contributed by atoms with Gasteiger partial charge in [0.2, 0.25) is 5.12 Å². The summed E-state index contributed by atoms with van der Waals surface area (Å²) in [6.45, 7) is 3.75. The molecule has 2 aliphatic rings. The van der Waals surface area contributed by atoms with Crippen molar-refractivity contribution < 1.29 is 14.3 Å². The van der Waals surface area contributed by atoms with Crippen LogP contribution < -0.4 is 11.3 Å². The first-order valence-corrected chi connectivity index (χ1v) is 9.14. The van der Waals surface area contributed by atoms with Gasteiger partial charge in [-0.2, -0.15) is 9.78 Å². The Balaban J connectivity index is 2.07. The van der Waals surface area contributed by atoms with Crippen molar-refractivity contribution in [3.8, 4) is 5.69 Å². The number of hydrogen-bond donors (Lipinski definition) is 1. The number of aryl methyl sites for hydroxylation is 1. The average molecular weight is 383 g/mol. The van der Waals surface area contributed by atoms with Gasteiger partial charge in [0.15, 0.2) is 0 Å². The molecule has 4 rings (SSSR count). The molecule has 0 bridgehead atoms. The van der Waals surface area contributed by atoms with Gasteiger partial charge in [-0.25, -0.2) is 4.79 Å². The van der Waals surface area contributed by atoms with E-state index < -0.39 is 16.3 Å². The van der Waals surface area contributed by atoms with E-state index in [0.717, 1.165) is 17.3 Å². The lowest BCUT2D eigenvalue weighted by molar-refractivity contribution is -0.136. The zero-order valence-corrected chi connectivity index (χ0v) is 15.8. The minimum atomic E-state index is -0.771. The number of methoxy groups -OCH3 is 1. The molecule has 138 valence electrons. The number of aromatic nitrogens is 2. The number of nitrogens with zero attached hydrogens (tertiary/aromatic N) is 2. The summed E-state index contributed by atoms with van der Waals surface area (Å²) in [5.74, 6) is -0.598. The fourth-order valence-electron chi connectivity index (χ4n) is 3.61. The molecule has 7 nitrogen and oxygen atoms in total. The molecule has 0 saturated heterocycles. The fourth-order valence-corrected chi connectivity index (χ4v) is 4.78. The molecule has 1 aromatic heterocycles. The van der Waals surface area contributed by atoms with Gasteiger partial charge < -0.3 is 10.5 Å². The monoisotopic (exact) mass is 383 g/mol. The fraction of sp³-hybridized carbons (Fsp3) is 0.263. The molecule has 2 N–H and O–H groups in total. The van der Waals surface area contributed by atoms with Gasteiger partial charge in [0.25, 0.3) is 5.56 Å². The molecule has 1 aliphatic heterocycles. The van der Waals surface area contributed by atoms with Crippen molar-refractivity contribution >= 4 is 28.5 Å². The molecular weight excluding hydrogens is 366 g/mol. The van der Waals surface area contributed by atoms with Crippen LogP contribution in [0.2, 0.25) is 0 Å². The molecule has 27 heavy (non-hydrogen) atoms. The quantitative estimate of drug-likeness (QED) is 0.790. The van der Waals surface area contributed by atoms with Gasteiger partial charge in [0.1, 0.15) is 5.69 Å². The topological polar surface area (TPSA) is 104 Å². The van der Waals surface area contributed by atoms with Crippen LogP contribution >= 0.6 is 11.8 Å². The molecule has 2 heterocycles. The van der Waals surface area contributed by atoms with Crippen molar-refractivity contribution in [2.75, 3.05) is 7.11 Å². The normalized spacial score (nSPS) is 20.6. The summed E-state index contributed by atoms with van der Waals surface area (Å²) in [6, 6.07) is 7.20. The summed E-state index contributed by atoms with van der Waals surface area (Å²) in [6.07, 6.45) is 0.206. The van der Waals surface area contributed by atoms with Crippen LogP contribution in [0.25, 0.3) is 11.4 Å². The minimum absolute atomic E-state index is 0.0548. The molecule has 0 amide bonds. The molecule has 1 aromatic carbocycles. The smallest absolute Gasteiger partial charge is 0.335 e. The van der Waals surface area contributed by atoms with Crippen molar-refractivity contribution in [2.24, 2.45) is 5.73 Å². The standard InChI is InChI=1S/C19H17N3O4S/c1-9-4-6-10(7-5-9)22-16(23)12-13-15(21-22)18(25)27-19(13,2)8-11(14(12)20)17(24)26-3/h4-7H,8,20H2,1-3H3. The Morgan fingerprint density at radius 2 is 1.96 bits per heavy atom. The lowest BCUT2D eigenvalue weighted by Crippen LogP contribution is -2.36. The molecule has 0 fully saturated rings. The van der Waals surface area contributed by atoms with Crippen LogP contribution in [0.5, 0.6) is 0 Å². The van der Waals surface area contributed by atoms with Crippen LogP contribution in [0.15, 0.2) is 34.6 Å². The number of esters is 1. The van der Waals surface area contributed by atoms with E-state index in [0.29, 0.717) is 11.3 Å². The van der Waals surface area contributed by atoms with E-state index in [-0.39, 0.29) is 34.1 Å². The molecule has 1 aliphatic carbocycles. The van der Waals surface area contributed by atoms with E-state index in [2.05, 4.69) is 5.10 Å². The molecule has 0 spiro atoms. The maximum atomic E-state index is 13.3. The number of thioether (sulfide) groups is 1. The van der Waals surface area contributed by atoms with Gasteiger partial charge >= 0.3 is 5.97 Å². The number of ether oxygens (including phenoxy) is 1. The maximum absolute atomic E-state index is 13.3. The third kappa shape index (κ3) is 2.43. The summed E-state index contributed by atoms with van der Waals surface area (Å²) in [5, 5.41) is 4.09. The highest BCUT2D eigenvalue weighted by atomic mass is 32.2. The molecule has 1 unspecified atom stereocenters. The largest absolute Gasteiger partial charge is 0.466 e. The van der Waals surface area contributed by atoms with Crippen molar-refractivity contribution in [1.82, 2.24) is 9.78 Å². The Morgan fingerprint density at radius 1 is 1.30 bits per heavy atom. The molecule has 0 saturated carbocycles. The first-order valence-electron chi connectivity index (χ1n) is 8.32. The van der Waals surface area contributed by atoms with Crippen LogP contribution in [0.4, 0.5) is 0 Å². The highest BCUT2D eigenvalue weighted by Gasteiger charge is 2.50. The molecule has 2 aromatic rings. The van der Waals surface area contributed by atoms with Crippen molar-refractivity contribution in [3.63, 3.8) is 0 Å². The number of carbonyl (C=O) groups excluding carboxylic acids is 2. The Kier molecular flexibility index (Phi) is 3.78. The first-order chi connectivity index (χ1) is 12.8. The Morgan fingerprint density at radius 3 is 2.59 bits per heavy atom. The Bertz CT molecular complexity index is 1100. The second-order valence-electron chi connectivity index (χ2n) is 6.83. The first kappa shape index (κ1) is 17.5. The van der Waals surface area contributed by atoms with Crippen LogP contribution in [0.3, 0.4) is 0 Å². The van der Waals surface area contributed by atoms with Crippen LogP contribution in [0.1, 0.15) is 40.5 Å². The van der Waals surface area contributed by atoms with Crippen molar-refractivity contribution in [3.05, 3.63) is 62.6 Å². The summed E-state index contributed by atoms with van der Waals surface area (Å²) in [4.78, 5) is 38.1. The number of benzene rings is 1.